The van der Waals surface area contributed by atoms with Crippen LogP contribution in [0.3, 0.4) is 0 Å². The highest BCUT2D eigenvalue weighted by Crippen LogP contribution is 2.27. The number of fused-ring (bicyclic) bond motifs is 4. The van der Waals surface area contributed by atoms with Crippen molar-refractivity contribution in [1.82, 2.24) is 9.88 Å². The van der Waals surface area contributed by atoms with Crippen molar-refractivity contribution in [2.75, 3.05) is 6.54 Å². The van der Waals surface area contributed by atoms with Crippen LogP contribution in [-0.2, 0) is 13.0 Å². The summed E-state index contributed by atoms with van der Waals surface area (Å²) in [6, 6.07) is 0.808. The summed E-state index contributed by atoms with van der Waals surface area (Å²) in [6.45, 7) is 2.43. The fourth-order valence-electron chi connectivity index (χ4n) is 3.55. The average Bonchev–Trinajstić information content (AvgIpc) is 2.84. The number of hydrogen-bond acceptors (Lipinski definition) is 1. The van der Waals surface area contributed by atoms with Gasteiger partial charge in [0.15, 0.2) is 0 Å². The van der Waals surface area contributed by atoms with Gasteiger partial charge in [0.05, 0.1) is 0 Å². The van der Waals surface area contributed by atoms with Crippen LogP contribution in [0.2, 0.25) is 0 Å². The van der Waals surface area contributed by atoms with E-state index in [2.05, 4.69) is 34.2 Å². The van der Waals surface area contributed by atoms with Crippen molar-refractivity contribution in [3.05, 3.63) is 34.0 Å². The van der Waals surface area contributed by atoms with Crippen LogP contribution < -0.4 is 10.6 Å². The predicted octanol–water partition coefficient (Wildman–Crippen LogP) is 1.06. The Morgan fingerprint density at radius 1 is 1.35 bits per heavy atom. The average molecular weight is 226 g/mol. The summed E-state index contributed by atoms with van der Waals surface area (Å²) < 4.78 is 0. The van der Waals surface area contributed by atoms with Crippen molar-refractivity contribution in [3.63, 3.8) is 0 Å². The van der Waals surface area contributed by atoms with E-state index in [0.717, 1.165) is 19.0 Å². The number of rotatable bonds is 0. The summed E-state index contributed by atoms with van der Waals surface area (Å²) in [5.41, 5.74) is 3.06. The fraction of sp³-hybridized carbons (Fsp3) is 0.467. The molecule has 1 fully saturated rings. The van der Waals surface area contributed by atoms with E-state index in [-0.39, 0.29) is 0 Å². The molecule has 0 saturated carbocycles. The molecule has 1 N–H and O–H groups in total. The molecule has 4 rings (SSSR count). The maximum Gasteiger partial charge on any atom is 0.0421 e. The molecule has 0 radical (unpaired) electrons. The van der Waals surface area contributed by atoms with Crippen molar-refractivity contribution in [2.24, 2.45) is 0 Å². The Bertz CT molecular complexity index is 591. The SMILES string of the molecule is C1=CCC=c2[nH]c3c(c2=C1)CC1CCCN1C3. The molecular formula is C15H18N2. The van der Waals surface area contributed by atoms with E-state index in [1.807, 2.05) is 0 Å². The van der Waals surface area contributed by atoms with Crippen molar-refractivity contribution in [3.8, 4) is 0 Å². The van der Waals surface area contributed by atoms with E-state index in [4.69, 9.17) is 0 Å². The molecule has 1 aliphatic carbocycles. The molecule has 1 unspecified atom stereocenters. The third kappa shape index (κ3) is 1.44. The molecule has 3 heterocycles. The second kappa shape index (κ2) is 3.61. The van der Waals surface area contributed by atoms with E-state index in [9.17, 15) is 0 Å². The Kier molecular flexibility index (Phi) is 2.06. The summed E-state index contributed by atoms with van der Waals surface area (Å²) in [4.78, 5) is 6.29. The third-order valence-electron chi connectivity index (χ3n) is 4.42. The normalized spacial score (nSPS) is 26.5. The van der Waals surface area contributed by atoms with Crippen LogP contribution in [0.5, 0.6) is 0 Å². The van der Waals surface area contributed by atoms with Crippen molar-refractivity contribution in [1.29, 1.82) is 0 Å². The van der Waals surface area contributed by atoms with E-state index in [0.29, 0.717) is 0 Å². The molecule has 17 heavy (non-hydrogen) atoms. The molecule has 1 aromatic heterocycles. The first-order chi connectivity index (χ1) is 8.42. The third-order valence-corrected chi connectivity index (χ3v) is 4.42. The van der Waals surface area contributed by atoms with Crippen LogP contribution in [0.4, 0.5) is 0 Å². The standard InChI is InChI=1S/C15H18N2/c1-2-6-12-13-9-11-5-4-8-17(11)10-15(13)16-14(12)7-3-1/h1-2,6-7,11,16H,3-5,8-10H2. The number of nitrogens with zero attached hydrogens (tertiary/aromatic N) is 1. The van der Waals surface area contributed by atoms with Gasteiger partial charge in [0.1, 0.15) is 0 Å². The first kappa shape index (κ1) is 9.72. The van der Waals surface area contributed by atoms with Crippen molar-refractivity contribution in [2.45, 2.75) is 38.3 Å². The molecule has 88 valence electrons. The maximum absolute atomic E-state index is 3.64. The lowest BCUT2D eigenvalue weighted by molar-refractivity contribution is 0.225. The lowest BCUT2D eigenvalue weighted by atomic mass is 9.98. The van der Waals surface area contributed by atoms with E-state index in [1.165, 1.54) is 42.1 Å². The Morgan fingerprint density at radius 3 is 3.35 bits per heavy atom. The predicted molar refractivity (Wildman–Crippen MR) is 69.9 cm³/mol. The Morgan fingerprint density at radius 2 is 2.35 bits per heavy atom. The molecule has 2 nitrogen and oxygen atoms in total. The maximum atomic E-state index is 3.64. The fourth-order valence-corrected chi connectivity index (χ4v) is 3.55. The lowest BCUT2D eigenvalue weighted by Crippen LogP contribution is -2.37. The second-order valence-electron chi connectivity index (χ2n) is 5.41. The van der Waals surface area contributed by atoms with Crippen molar-refractivity contribution < 1.29 is 0 Å². The molecule has 1 atom stereocenters. The molecule has 2 heteroatoms. The number of allylic oxidation sites excluding steroid dienone is 2. The summed E-state index contributed by atoms with van der Waals surface area (Å²) in [7, 11) is 0. The summed E-state index contributed by atoms with van der Waals surface area (Å²) in [6.07, 6.45) is 14.1. The largest absolute Gasteiger partial charge is 0.357 e. The highest BCUT2D eigenvalue weighted by molar-refractivity contribution is 5.47. The first-order valence-electron chi connectivity index (χ1n) is 6.72. The van der Waals surface area contributed by atoms with Gasteiger partial charge in [0, 0.05) is 28.8 Å². The summed E-state index contributed by atoms with van der Waals surface area (Å²) >= 11 is 0. The Balaban J connectivity index is 1.89. The van der Waals surface area contributed by atoms with Crippen LogP contribution in [0.15, 0.2) is 12.2 Å². The number of H-pyrrole nitrogens is 1. The van der Waals surface area contributed by atoms with Gasteiger partial charge >= 0.3 is 0 Å². The minimum Gasteiger partial charge on any atom is -0.357 e. The minimum absolute atomic E-state index is 0.808. The van der Waals surface area contributed by atoms with Gasteiger partial charge in [-0.3, -0.25) is 4.90 Å². The molecule has 0 amide bonds. The molecule has 1 aromatic rings. The molecular weight excluding hydrogens is 208 g/mol. The number of aromatic nitrogens is 1. The number of hydrogen-bond donors (Lipinski definition) is 1. The van der Waals surface area contributed by atoms with Crippen LogP contribution in [-0.4, -0.2) is 22.5 Å². The van der Waals surface area contributed by atoms with Gasteiger partial charge in [0.25, 0.3) is 0 Å². The highest BCUT2D eigenvalue weighted by atomic mass is 15.2. The van der Waals surface area contributed by atoms with Crippen LogP contribution in [0.25, 0.3) is 12.2 Å². The summed E-state index contributed by atoms with van der Waals surface area (Å²) in [5, 5.41) is 2.81. The van der Waals surface area contributed by atoms with E-state index in [1.54, 1.807) is 5.56 Å². The van der Waals surface area contributed by atoms with Gasteiger partial charge in [-0.1, -0.05) is 24.3 Å². The lowest BCUT2D eigenvalue weighted by Gasteiger charge is -2.29. The zero-order valence-electron chi connectivity index (χ0n) is 10.1. The molecule has 3 aliphatic rings. The Labute approximate surface area is 101 Å². The second-order valence-corrected chi connectivity index (χ2v) is 5.41. The van der Waals surface area contributed by atoms with Gasteiger partial charge in [-0.15, -0.1) is 0 Å². The van der Waals surface area contributed by atoms with Gasteiger partial charge < -0.3 is 4.98 Å². The number of aromatic amines is 1. The van der Waals surface area contributed by atoms with Crippen LogP contribution >= 0.6 is 0 Å². The topological polar surface area (TPSA) is 19.0 Å². The molecule has 2 aliphatic heterocycles. The Hall–Kier alpha value is -1.28. The highest BCUT2D eigenvalue weighted by Gasteiger charge is 2.31. The number of nitrogens with one attached hydrogen (secondary N) is 1. The van der Waals surface area contributed by atoms with Gasteiger partial charge in [0.2, 0.25) is 0 Å². The minimum atomic E-state index is 0.808. The van der Waals surface area contributed by atoms with Crippen LogP contribution in [0.1, 0.15) is 30.5 Å². The van der Waals surface area contributed by atoms with Gasteiger partial charge in [-0.2, -0.15) is 0 Å². The zero-order valence-corrected chi connectivity index (χ0v) is 10.1. The molecule has 0 bridgehead atoms. The zero-order chi connectivity index (χ0) is 11.2. The summed E-state index contributed by atoms with van der Waals surface area (Å²) in [5.74, 6) is 0. The van der Waals surface area contributed by atoms with Crippen LogP contribution in [0, 0.1) is 0 Å². The van der Waals surface area contributed by atoms with E-state index < -0.39 is 0 Å². The smallest absolute Gasteiger partial charge is 0.0421 e. The first-order valence-corrected chi connectivity index (χ1v) is 6.72. The monoisotopic (exact) mass is 226 g/mol. The molecule has 0 spiro atoms. The molecule has 1 saturated heterocycles. The van der Waals surface area contributed by atoms with E-state index >= 15 is 0 Å². The quantitative estimate of drug-likeness (QED) is 0.701. The van der Waals surface area contributed by atoms with Gasteiger partial charge in [-0.05, 0) is 37.8 Å². The van der Waals surface area contributed by atoms with Gasteiger partial charge in [-0.25, -0.2) is 0 Å². The van der Waals surface area contributed by atoms with Crippen molar-refractivity contribution >= 4 is 12.2 Å². The molecule has 0 aromatic carbocycles.